The van der Waals surface area contributed by atoms with Gasteiger partial charge in [0.25, 0.3) is 5.91 Å². The van der Waals surface area contributed by atoms with E-state index >= 15 is 0 Å². The van der Waals surface area contributed by atoms with Crippen molar-refractivity contribution in [1.29, 1.82) is 0 Å². The lowest BCUT2D eigenvalue weighted by Gasteiger charge is -2.20. The molecule has 0 aliphatic rings. The fourth-order valence-corrected chi connectivity index (χ4v) is 2.71. The molecule has 0 bridgehead atoms. The lowest BCUT2D eigenvalue weighted by Crippen LogP contribution is -2.44. The van der Waals surface area contributed by atoms with Gasteiger partial charge in [-0.25, -0.2) is 9.59 Å². The number of nitrogens with zero attached hydrogens (tertiary/aromatic N) is 1. The lowest BCUT2D eigenvalue weighted by atomic mass is 10.1. The van der Waals surface area contributed by atoms with Crippen molar-refractivity contribution in [1.82, 2.24) is 10.2 Å². The molecule has 1 N–H and O–H groups in total. The zero-order chi connectivity index (χ0) is 22.1. The SMILES string of the molecule is CCOC(=O)NC(=O)CN(CC)C(=O)COC(=O)c1cc2ccccc2cc1OC. The van der Waals surface area contributed by atoms with Gasteiger partial charge in [0.1, 0.15) is 17.9 Å². The van der Waals surface area contributed by atoms with Crippen molar-refractivity contribution in [2.45, 2.75) is 13.8 Å². The number of benzene rings is 2. The van der Waals surface area contributed by atoms with Crippen LogP contribution in [0.15, 0.2) is 36.4 Å². The Morgan fingerprint density at radius 2 is 1.67 bits per heavy atom. The van der Waals surface area contributed by atoms with Crippen LogP contribution in [0.5, 0.6) is 5.75 Å². The van der Waals surface area contributed by atoms with Crippen LogP contribution in [0, 0.1) is 0 Å². The molecular weight excluding hydrogens is 392 g/mol. The molecule has 2 aromatic carbocycles. The van der Waals surface area contributed by atoms with Gasteiger partial charge < -0.3 is 19.1 Å². The van der Waals surface area contributed by atoms with E-state index in [1.54, 1.807) is 26.0 Å². The first kappa shape index (κ1) is 22.7. The van der Waals surface area contributed by atoms with Gasteiger partial charge in [0.15, 0.2) is 6.61 Å². The smallest absolute Gasteiger partial charge is 0.413 e. The van der Waals surface area contributed by atoms with Crippen molar-refractivity contribution in [2.24, 2.45) is 0 Å². The standard InChI is InChI=1S/C21H24N2O7/c1-4-23(12-18(24)22-21(27)29-5-2)19(25)13-30-20(26)16-10-14-8-6-7-9-15(14)11-17(16)28-3/h6-11H,4-5,12-13H2,1-3H3,(H,22,24,27). The zero-order valence-corrected chi connectivity index (χ0v) is 17.1. The molecule has 2 rings (SSSR count). The number of alkyl carbamates (subject to hydrolysis) is 1. The highest BCUT2D eigenvalue weighted by Crippen LogP contribution is 2.26. The van der Waals surface area contributed by atoms with Crippen LogP contribution in [0.1, 0.15) is 24.2 Å². The highest BCUT2D eigenvalue weighted by Gasteiger charge is 2.21. The van der Waals surface area contributed by atoms with Crippen molar-refractivity contribution < 1.29 is 33.4 Å². The summed E-state index contributed by atoms with van der Waals surface area (Å²) in [5.41, 5.74) is 0.187. The van der Waals surface area contributed by atoms with E-state index in [1.807, 2.05) is 29.6 Å². The number of nitrogens with one attached hydrogen (secondary N) is 1. The van der Waals surface area contributed by atoms with Crippen LogP contribution >= 0.6 is 0 Å². The van der Waals surface area contributed by atoms with Crippen molar-refractivity contribution in [3.8, 4) is 5.75 Å². The van der Waals surface area contributed by atoms with Crippen LogP contribution in [0.4, 0.5) is 4.79 Å². The average molecular weight is 416 g/mol. The van der Waals surface area contributed by atoms with Gasteiger partial charge in [-0.1, -0.05) is 24.3 Å². The number of fused-ring (bicyclic) bond motifs is 1. The van der Waals surface area contributed by atoms with Crippen LogP contribution in [-0.4, -0.2) is 62.2 Å². The molecule has 0 atom stereocenters. The molecule has 0 aliphatic heterocycles. The third-order valence-corrected chi connectivity index (χ3v) is 4.20. The number of hydrogen-bond acceptors (Lipinski definition) is 7. The predicted molar refractivity (Wildman–Crippen MR) is 108 cm³/mol. The largest absolute Gasteiger partial charge is 0.496 e. The van der Waals surface area contributed by atoms with Crippen molar-refractivity contribution in [2.75, 3.05) is 33.4 Å². The topological polar surface area (TPSA) is 111 Å². The Balaban J connectivity index is 2.00. The fraction of sp³-hybridized carbons (Fsp3) is 0.333. The molecule has 0 saturated carbocycles. The summed E-state index contributed by atoms with van der Waals surface area (Å²) < 4.78 is 15.0. The second-order valence-corrected chi connectivity index (χ2v) is 6.15. The summed E-state index contributed by atoms with van der Waals surface area (Å²) in [5.74, 6) is -1.68. The lowest BCUT2D eigenvalue weighted by molar-refractivity contribution is -0.138. The van der Waals surface area contributed by atoms with Crippen LogP contribution in [-0.2, 0) is 19.1 Å². The third-order valence-electron chi connectivity index (χ3n) is 4.20. The molecular formula is C21H24N2O7. The molecule has 0 aliphatic carbocycles. The number of carbonyl (C=O) groups is 4. The molecule has 0 unspecified atom stereocenters. The maximum atomic E-state index is 12.5. The molecule has 0 aromatic heterocycles. The number of ether oxygens (including phenoxy) is 3. The Labute approximate surface area is 173 Å². The maximum absolute atomic E-state index is 12.5. The van der Waals surface area contributed by atoms with Crippen molar-refractivity contribution in [3.63, 3.8) is 0 Å². The molecule has 0 heterocycles. The van der Waals surface area contributed by atoms with Gasteiger partial charge in [-0.05, 0) is 36.8 Å². The first-order valence-electron chi connectivity index (χ1n) is 9.37. The van der Waals surface area contributed by atoms with Gasteiger partial charge in [0.2, 0.25) is 5.91 Å². The minimum atomic E-state index is -0.888. The molecule has 2 aromatic rings. The quantitative estimate of drug-likeness (QED) is 0.656. The zero-order valence-electron chi connectivity index (χ0n) is 17.1. The number of imide groups is 1. The number of esters is 1. The summed E-state index contributed by atoms with van der Waals surface area (Å²) in [4.78, 5) is 49.1. The van der Waals surface area contributed by atoms with Gasteiger partial charge in [-0.3, -0.25) is 14.9 Å². The molecule has 0 fully saturated rings. The third kappa shape index (κ3) is 5.94. The van der Waals surface area contributed by atoms with E-state index in [9.17, 15) is 19.2 Å². The first-order chi connectivity index (χ1) is 14.4. The second-order valence-electron chi connectivity index (χ2n) is 6.15. The molecule has 0 spiro atoms. The Hall–Kier alpha value is -3.62. The van der Waals surface area contributed by atoms with Gasteiger partial charge >= 0.3 is 12.1 Å². The van der Waals surface area contributed by atoms with Crippen molar-refractivity contribution >= 4 is 34.6 Å². The summed E-state index contributed by atoms with van der Waals surface area (Å²) in [6.07, 6.45) is -0.888. The van der Waals surface area contributed by atoms with E-state index < -0.39 is 30.5 Å². The van der Waals surface area contributed by atoms with E-state index in [4.69, 9.17) is 9.47 Å². The van der Waals surface area contributed by atoms with Crippen molar-refractivity contribution in [3.05, 3.63) is 42.0 Å². The summed E-state index contributed by atoms with van der Waals surface area (Å²) in [7, 11) is 1.44. The van der Waals surface area contributed by atoms with E-state index in [0.717, 1.165) is 15.7 Å². The average Bonchev–Trinajstić information content (AvgIpc) is 2.74. The highest BCUT2D eigenvalue weighted by molar-refractivity contribution is 6.00. The minimum absolute atomic E-state index is 0.115. The van der Waals surface area contributed by atoms with Gasteiger partial charge in [0.05, 0.1) is 13.7 Å². The monoisotopic (exact) mass is 416 g/mol. The minimum Gasteiger partial charge on any atom is -0.496 e. The summed E-state index contributed by atoms with van der Waals surface area (Å²) >= 11 is 0. The van der Waals surface area contributed by atoms with Crippen LogP contribution in [0.25, 0.3) is 10.8 Å². The van der Waals surface area contributed by atoms with Crippen LogP contribution in [0.2, 0.25) is 0 Å². The number of methoxy groups -OCH3 is 1. The summed E-state index contributed by atoms with van der Waals surface area (Å²) in [6.45, 7) is 2.63. The van der Waals surface area contributed by atoms with Crippen LogP contribution in [0.3, 0.4) is 0 Å². The molecule has 0 radical (unpaired) electrons. The number of rotatable bonds is 8. The highest BCUT2D eigenvalue weighted by atomic mass is 16.5. The summed E-state index contributed by atoms with van der Waals surface area (Å²) in [6, 6.07) is 10.8. The normalized spacial score (nSPS) is 10.2. The second kappa shape index (κ2) is 10.8. The Bertz CT molecular complexity index is 942. The van der Waals surface area contributed by atoms with Gasteiger partial charge in [-0.15, -0.1) is 0 Å². The predicted octanol–water partition coefficient (Wildman–Crippen LogP) is 2.13. The van der Waals surface area contributed by atoms with E-state index in [-0.39, 0.29) is 25.3 Å². The van der Waals surface area contributed by atoms with Crippen LogP contribution < -0.4 is 10.1 Å². The number of hydrogen-bond donors (Lipinski definition) is 1. The number of likely N-dealkylation sites (N-methyl/N-ethyl adjacent to an activating group) is 1. The fourth-order valence-electron chi connectivity index (χ4n) is 2.71. The van der Waals surface area contributed by atoms with E-state index in [2.05, 4.69) is 4.74 Å². The maximum Gasteiger partial charge on any atom is 0.413 e. The first-order valence-corrected chi connectivity index (χ1v) is 9.37. The number of amides is 3. The summed E-state index contributed by atoms with van der Waals surface area (Å²) in [5, 5.41) is 3.72. The Morgan fingerprint density at radius 3 is 2.27 bits per heavy atom. The molecule has 160 valence electrons. The molecule has 9 nitrogen and oxygen atoms in total. The Kier molecular flexibility index (Phi) is 8.16. The van der Waals surface area contributed by atoms with Gasteiger partial charge in [-0.2, -0.15) is 0 Å². The van der Waals surface area contributed by atoms with E-state index in [0.29, 0.717) is 5.75 Å². The van der Waals surface area contributed by atoms with E-state index in [1.165, 1.54) is 7.11 Å². The molecule has 0 saturated heterocycles. The molecule has 30 heavy (non-hydrogen) atoms. The molecule has 3 amide bonds. The molecule has 9 heteroatoms. The van der Waals surface area contributed by atoms with Gasteiger partial charge in [0, 0.05) is 6.54 Å². The number of carbonyl (C=O) groups excluding carboxylic acids is 4. The Morgan fingerprint density at radius 1 is 1.00 bits per heavy atom.